The van der Waals surface area contributed by atoms with E-state index in [4.69, 9.17) is 11.6 Å². The first kappa shape index (κ1) is 14.7. The van der Waals surface area contributed by atoms with Crippen molar-refractivity contribution in [3.63, 3.8) is 0 Å². The molecule has 0 radical (unpaired) electrons. The smallest absolute Gasteiger partial charge is 0.267 e. The van der Waals surface area contributed by atoms with Gasteiger partial charge in [0.15, 0.2) is 0 Å². The van der Waals surface area contributed by atoms with Crippen molar-refractivity contribution >= 4 is 44.4 Å². The Labute approximate surface area is 145 Å². The van der Waals surface area contributed by atoms with Gasteiger partial charge in [-0.3, -0.25) is 0 Å². The van der Waals surface area contributed by atoms with Gasteiger partial charge in [0.1, 0.15) is 11.7 Å². The summed E-state index contributed by atoms with van der Waals surface area (Å²) < 4.78 is 3.49. The van der Waals surface area contributed by atoms with Crippen LogP contribution < -0.4 is 9.88 Å². The maximum Gasteiger partial charge on any atom is 0.267 e. The second kappa shape index (κ2) is 5.66. The first-order chi connectivity index (χ1) is 11.1. The molecule has 2 nitrogen and oxygen atoms in total. The number of aryl methyl sites for hydroxylation is 2. The highest BCUT2D eigenvalue weighted by Crippen LogP contribution is 2.33. The van der Waals surface area contributed by atoms with E-state index in [9.17, 15) is 0 Å². The molecule has 4 heteroatoms. The van der Waals surface area contributed by atoms with Crippen molar-refractivity contribution in [2.45, 2.75) is 19.8 Å². The van der Waals surface area contributed by atoms with Gasteiger partial charge >= 0.3 is 0 Å². The van der Waals surface area contributed by atoms with Crippen LogP contribution in [-0.4, -0.2) is 0 Å². The minimum atomic E-state index is 0.793. The second-order valence-electron chi connectivity index (χ2n) is 5.96. The minimum Gasteiger partial charge on any atom is -0.358 e. The Hall–Kier alpha value is -1.84. The number of hydrogen-bond acceptors (Lipinski definition) is 2. The van der Waals surface area contributed by atoms with E-state index in [1.807, 2.05) is 12.1 Å². The molecule has 0 fully saturated rings. The number of benzene rings is 2. The molecule has 116 valence electrons. The van der Waals surface area contributed by atoms with Crippen molar-refractivity contribution < 1.29 is 4.57 Å². The van der Waals surface area contributed by atoms with Crippen LogP contribution in [-0.2, 0) is 13.5 Å². The summed E-state index contributed by atoms with van der Waals surface area (Å²) in [5.74, 6) is 0. The standard InChI is InChI=1S/C19H17ClN2S/c1-12(15-9-7-13-5-3-4-6-16(13)21-15)19-22(2)17-10-8-14(20)11-18(17)23-19/h3-6,8,10-11H,7,9H2,1-2H3/p+1. The largest absolute Gasteiger partial charge is 0.358 e. The molecular weight excluding hydrogens is 324 g/mol. The molecule has 1 N–H and O–H groups in total. The molecule has 2 heterocycles. The van der Waals surface area contributed by atoms with Crippen molar-refractivity contribution in [1.29, 1.82) is 0 Å². The number of fused-ring (bicyclic) bond motifs is 2. The first-order valence-corrected chi connectivity index (χ1v) is 8.96. The highest BCUT2D eigenvalue weighted by atomic mass is 35.5. The maximum atomic E-state index is 6.14. The highest BCUT2D eigenvalue weighted by molar-refractivity contribution is 7.19. The summed E-state index contributed by atoms with van der Waals surface area (Å²) in [5, 5.41) is 5.70. The first-order valence-electron chi connectivity index (χ1n) is 7.76. The fourth-order valence-corrected chi connectivity index (χ4v) is 4.66. The zero-order chi connectivity index (χ0) is 16.0. The van der Waals surface area contributed by atoms with Crippen LogP contribution in [0.2, 0.25) is 5.02 Å². The summed E-state index contributed by atoms with van der Waals surface area (Å²) in [6.45, 7) is 2.21. The number of anilines is 1. The third-order valence-corrected chi connectivity index (χ3v) is 6.07. The van der Waals surface area contributed by atoms with Gasteiger partial charge in [-0.2, -0.15) is 4.57 Å². The molecule has 0 unspecified atom stereocenters. The van der Waals surface area contributed by atoms with Crippen LogP contribution >= 0.6 is 22.9 Å². The van der Waals surface area contributed by atoms with E-state index in [1.54, 1.807) is 11.3 Å². The number of halogens is 1. The molecule has 1 aliphatic rings. The number of nitrogens with zero attached hydrogens (tertiary/aromatic N) is 1. The lowest BCUT2D eigenvalue weighted by Gasteiger charge is -2.21. The van der Waals surface area contributed by atoms with Crippen molar-refractivity contribution in [2.24, 2.45) is 7.05 Å². The van der Waals surface area contributed by atoms with Crippen LogP contribution in [0.3, 0.4) is 0 Å². The van der Waals surface area contributed by atoms with Crippen LogP contribution in [0.4, 0.5) is 5.69 Å². The number of thiazole rings is 1. The number of aromatic nitrogens is 1. The normalized spacial score (nSPS) is 16.1. The molecule has 0 spiro atoms. The number of para-hydroxylation sites is 1. The van der Waals surface area contributed by atoms with Crippen LogP contribution in [0.1, 0.15) is 23.9 Å². The second-order valence-corrected chi connectivity index (χ2v) is 7.43. The third-order valence-electron chi connectivity index (χ3n) is 4.52. The SMILES string of the molecule is CC(=C1CCc2ccccc2N1)c1sc2cc(Cl)ccc2[n+]1C. The molecule has 3 aromatic rings. The molecule has 1 aromatic heterocycles. The molecule has 0 amide bonds. The van der Waals surface area contributed by atoms with Crippen molar-refractivity contribution in [1.82, 2.24) is 0 Å². The zero-order valence-corrected chi connectivity index (χ0v) is 14.8. The van der Waals surface area contributed by atoms with Gasteiger partial charge < -0.3 is 5.32 Å². The van der Waals surface area contributed by atoms with E-state index >= 15 is 0 Å². The van der Waals surface area contributed by atoms with Gasteiger partial charge in [0.25, 0.3) is 5.01 Å². The molecular formula is C19H18ClN2S+. The summed E-state index contributed by atoms with van der Waals surface area (Å²) in [5.41, 5.74) is 6.50. The van der Waals surface area contributed by atoms with Crippen LogP contribution in [0, 0.1) is 0 Å². The summed E-state index contributed by atoms with van der Waals surface area (Å²) >= 11 is 7.94. The Morgan fingerprint density at radius 3 is 2.87 bits per heavy atom. The summed E-state index contributed by atoms with van der Waals surface area (Å²) in [6.07, 6.45) is 2.15. The topological polar surface area (TPSA) is 15.9 Å². The molecule has 1 aliphatic heterocycles. The summed E-state index contributed by atoms with van der Waals surface area (Å²) in [7, 11) is 2.13. The van der Waals surface area contributed by atoms with Gasteiger partial charge in [-0.15, -0.1) is 0 Å². The van der Waals surface area contributed by atoms with Gasteiger partial charge in [-0.05, 0) is 43.5 Å². The highest BCUT2D eigenvalue weighted by Gasteiger charge is 2.23. The molecule has 4 rings (SSSR count). The predicted molar refractivity (Wildman–Crippen MR) is 99.0 cm³/mol. The Balaban J connectivity index is 1.80. The van der Waals surface area contributed by atoms with E-state index in [2.05, 4.69) is 54.2 Å². The van der Waals surface area contributed by atoms with Crippen LogP contribution in [0.5, 0.6) is 0 Å². The minimum absolute atomic E-state index is 0.793. The quantitative estimate of drug-likeness (QED) is 0.604. The summed E-state index contributed by atoms with van der Waals surface area (Å²) in [6, 6.07) is 14.7. The Morgan fingerprint density at radius 1 is 1.17 bits per heavy atom. The monoisotopic (exact) mass is 341 g/mol. The maximum absolute atomic E-state index is 6.14. The average molecular weight is 342 g/mol. The zero-order valence-electron chi connectivity index (χ0n) is 13.2. The Morgan fingerprint density at radius 2 is 2.00 bits per heavy atom. The molecule has 0 atom stereocenters. The lowest BCUT2D eigenvalue weighted by Crippen LogP contribution is -2.30. The Kier molecular flexibility index (Phi) is 3.63. The van der Waals surface area contributed by atoms with Crippen molar-refractivity contribution in [3.8, 4) is 0 Å². The number of hydrogen-bond donors (Lipinski definition) is 1. The van der Waals surface area contributed by atoms with E-state index in [0.717, 1.165) is 17.9 Å². The third kappa shape index (κ3) is 2.54. The fraction of sp³-hybridized carbons (Fsp3) is 0.211. The number of rotatable bonds is 1. The van der Waals surface area contributed by atoms with Gasteiger partial charge in [-0.1, -0.05) is 41.1 Å². The summed E-state index contributed by atoms with van der Waals surface area (Å²) in [4.78, 5) is 0. The fourth-order valence-electron chi connectivity index (χ4n) is 3.21. The lowest BCUT2D eigenvalue weighted by molar-refractivity contribution is -0.642. The van der Waals surface area contributed by atoms with Crippen molar-refractivity contribution in [2.75, 3.05) is 5.32 Å². The lowest BCUT2D eigenvalue weighted by atomic mass is 9.99. The number of allylic oxidation sites excluding steroid dienone is 2. The molecule has 0 bridgehead atoms. The molecule has 2 aromatic carbocycles. The van der Waals surface area contributed by atoms with E-state index in [-0.39, 0.29) is 0 Å². The Bertz CT molecular complexity index is 940. The molecule has 23 heavy (non-hydrogen) atoms. The van der Waals surface area contributed by atoms with E-state index < -0.39 is 0 Å². The van der Waals surface area contributed by atoms with Gasteiger partial charge in [0.2, 0.25) is 5.52 Å². The van der Waals surface area contributed by atoms with Crippen LogP contribution in [0.15, 0.2) is 48.2 Å². The van der Waals surface area contributed by atoms with Gasteiger partial charge in [0, 0.05) is 22.5 Å². The number of nitrogens with one attached hydrogen (secondary N) is 1. The van der Waals surface area contributed by atoms with E-state index in [0.29, 0.717) is 0 Å². The molecule has 0 saturated heterocycles. The van der Waals surface area contributed by atoms with Crippen molar-refractivity contribution in [3.05, 3.63) is 63.8 Å². The van der Waals surface area contributed by atoms with Gasteiger partial charge in [-0.25, -0.2) is 0 Å². The van der Waals surface area contributed by atoms with Crippen LogP contribution in [0.25, 0.3) is 15.8 Å². The molecule has 0 aliphatic carbocycles. The average Bonchev–Trinajstić information content (AvgIpc) is 2.89. The molecule has 0 saturated carbocycles. The van der Waals surface area contributed by atoms with Gasteiger partial charge in [0.05, 0.1) is 5.57 Å². The van der Waals surface area contributed by atoms with E-state index in [1.165, 1.54) is 37.7 Å². The predicted octanol–water partition coefficient (Wildman–Crippen LogP) is 5.17.